The molecule has 1 heterocycles. The number of aliphatic hydroxyl groups is 1. The number of hydrogen-bond donors (Lipinski definition) is 2. The fraction of sp³-hybridized carbons (Fsp3) is 0.286. The topological polar surface area (TPSA) is 78.9 Å². The predicted molar refractivity (Wildman–Crippen MR) is 72.7 cm³/mol. The first-order valence-corrected chi connectivity index (χ1v) is 6.31. The monoisotopic (exact) mass is 294 g/mol. The minimum absolute atomic E-state index is 0.0651. The standard InChI is InChI=1S/C14H15FN2O4/c1-21-14(20)11-8-17(6-7-18)13(19)12(11)16-10-4-2-9(15)3-5-10/h2-5,16,18H,6-8H2,1H3. The van der Waals surface area contributed by atoms with Crippen LogP contribution in [0.1, 0.15) is 0 Å². The molecule has 2 N–H and O–H groups in total. The van der Waals surface area contributed by atoms with Gasteiger partial charge in [0.05, 0.1) is 25.8 Å². The van der Waals surface area contributed by atoms with Crippen LogP contribution in [0.5, 0.6) is 0 Å². The first-order chi connectivity index (χ1) is 10.1. The van der Waals surface area contributed by atoms with Gasteiger partial charge in [-0.3, -0.25) is 4.79 Å². The molecule has 0 spiro atoms. The summed E-state index contributed by atoms with van der Waals surface area (Å²) in [6, 6.07) is 5.40. The molecule has 0 fully saturated rings. The van der Waals surface area contributed by atoms with Gasteiger partial charge in [-0.2, -0.15) is 0 Å². The van der Waals surface area contributed by atoms with Gasteiger partial charge in [-0.25, -0.2) is 9.18 Å². The van der Waals surface area contributed by atoms with Crippen LogP contribution in [0.4, 0.5) is 10.1 Å². The third-order valence-corrected chi connectivity index (χ3v) is 3.07. The Morgan fingerprint density at radius 3 is 2.67 bits per heavy atom. The van der Waals surface area contributed by atoms with Crippen LogP contribution in [0.3, 0.4) is 0 Å². The summed E-state index contributed by atoms with van der Waals surface area (Å²) in [6.45, 7) is -0.0203. The van der Waals surface area contributed by atoms with Gasteiger partial charge in [0.25, 0.3) is 5.91 Å². The molecule has 2 rings (SSSR count). The molecule has 1 aliphatic rings. The summed E-state index contributed by atoms with van der Waals surface area (Å²) in [7, 11) is 1.23. The lowest BCUT2D eigenvalue weighted by Crippen LogP contribution is -2.31. The van der Waals surface area contributed by atoms with Gasteiger partial charge in [0.1, 0.15) is 11.5 Å². The lowest BCUT2D eigenvalue weighted by atomic mass is 10.2. The molecule has 112 valence electrons. The highest BCUT2D eigenvalue weighted by Gasteiger charge is 2.34. The van der Waals surface area contributed by atoms with Crippen molar-refractivity contribution in [3.05, 3.63) is 41.4 Å². The maximum Gasteiger partial charge on any atom is 0.337 e. The average molecular weight is 294 g/mol. The molecule has 1 amide bonds. The smallest absolute Gasteiger partial charge is 0.337 e. The molecule has 0 bridgehead atoms. The predicted octanol–water partition coefficient (Wildman–Crippen LogP) is 0.499. The summed E-state index contributed by atoms with van der Waals surface area (Å²) in [5.41, 5.74) is 0.745. The third-order valence-electron chi connectivity index (χ3n) is 3.07. The number of halogens is 1. The van der Waals surface area contributed by atoms with E-state index in [2.05, 4.69) is 10.1 Å². The Labute approximate surface area is 120 Å². The van der Waals surface area contributed by atoms with Gasteiger partial charge < -0.3 is 20.1 Å². The van der Waals surface area contributed by atoms with Gasteiger partial charge in [-0.05, 0) is 24.3 Å². The first kappa shape index (κ1) is 15.0. The van der Waals surface area contributed by atoms with E-state index in [9.17, 15) is 14.0 Å². The van der Waals surface area contributed by atoms with Crippen molar-refractivity contribution in [2.45, 2.75) is 0 Å². The molecule has 0 saturated heterocycles. The first-order valence-electron chi connectivity index (χ1n) is 6.31. The fourth-order valence-electron chi connectivity index (χ4n) is 2.03. The van der Waals surface area contributed by atoms with E-state index >= 15 is 0 Å². The molecule has 0 atom stereocenters. The van der Waals surface area contributed by atoms with E-state index in [0.29, 0.717) is 5.69 Å². The Kier molecular flexibility index (Phi) is 4.54. The molecule has 1 aromatic carbocycles. The number of carbonyl (C=O) groups is 2. The van der Waals surface area contributed by atoms with Crippen molar-refractivity contribution in [3.63, 3.8) is 0 Å². The third kappa shape index (κ3) is 3.19. The van der Waals surface area contributed by atoms with E-state index in [0.717, 1.165) is 0 Å². The number of methoxy groups -OCH3 is 1. The van der Waals surface area contributed by atoms with Crippen molar-refractivity contribution < 1.29 is 23.8 Å². The van der Waals surface area contributed by atoms with E-state index in [4.69, 9.17) is 5.11 Å². The number of aliphatic hydroxyl groups excluding tert-OH is 1. The summed E-state index contributed by atoms with van der Waals surface area (Å²) < 4.78 is 17.5. The molecular formula is C14H15FN2O4. The normalized spacial score (nSPS) is 14.6. The van der Waals surface area contributed by atoms with Crippen molar-refractivity contribution in [3.8, 4) is 0 Å². The molecule has 1 aliphatic heterocycles. The summed E-state index contributed by atoms with van der Waals surface area (Å²) in [5, 5.41) is 11.8. The average Bonchev–Trinajstić information content (AvgIpc) is 2.78. The highest BCUT2D eigenvalue weighted by molar-refractivity contribution is 6.08. The summed E-state index contributed by atoms with van der Waals surface area (Å²) >= 11 is 0. The zero-order chi connectivity index (χ0) is 15.4. The Morgan fingerprint density at radius 2 is 2.10 bits per heavy atom. The van der Waals surface area contributed by atoms with Crippen LogP contribution in [0.15, 0.2) is 35.5 Å². The van der Waals surface area contributed by atoms with Gasteiger partial charge in [0.15, 0.2) is 0 Å². The van der Waals surface area contributed by atoms with E-state index in [1.165, 1.54) is 36.3 Å². The number of ether oxygens (including phenoxy) is 1. The lowest BCUT2D eigenvalue weighted by Gasteiger charge is -2.14. The highest BCUT2D eigenvalue weighted by atomic mass is 19.1. The SMILES string of the molecule is COC(=O)C1=C(Nc2ccc(F)cc2)C(=O)N(CCO)C1. The van der Waals surface area contributed by atoms with Gasteiger partial charge in [-0.1, -0.05) is 0 Å². The van der Waals surface area contributed by atoms with Crippen LogP contribution in [0, 0.1) is 5.82 Å². The number of hydrogen-bond acceptors (Lipinski definition) is 5. The summed E-state index contributed by atoms with van der Waals surface area (Å²) in [4.78, 5) is 25.3. The van der Waals surface area contributed by atoms with Crippen LogP contribution in [-0.4, -0.2) is 48.7 Å². The fourth-order valence-corrected chi connectivity index (χ4v) is 2.03. The second-order valence-electron chi connectivity index (χ2n) is 4.43. The minimum atomic E-state index is -0.617. The quantitative estimate of drug-likeness (QED) is 0.773. The highest BCUT2D eigenvalue weighted by Crippen LogP contribution is 2.22. The maximum atomic E-state index is 12.9. The molecule has 0 unspecified atom stereocenters. The number of nitrogens with zero attached hydrogens (tertiary/aromatic N) is 1. The molecular weight excluding hydrogens is 279 g/mol. The zero-order valence-corrected chi connectivity index (χ0v) is 11.4. The Hall–Kier alpha value is -2.41. The van der Waals surface area contributed by atoms with Crippen molar-refractivity contribution in [1.82, 2.24) is 4.90 Å². The van der Waals surface area contributed by atoms with Crippen LogP contribution >= 0.6 is 0 Å². The van der Waals surface area contributed by atoms with Crippen LogP contribution < -0.4 is 5.32 Å². The molecule has 1 aromatic rings. The number of benzene rings is 1. The number of amides is 1. The molecule has 7 heteroatoms. The zero-order valence-electron chi connectivity index (χ0n) is 11.4. The van der Waals surface area contributed by atoms with Crippen LogP contribution in [-0.2, 0) is 14.3 Å². The number of β-amino-alcohol motifs (C(OH)–C–C–N with tert-alkyl or cyclic N) is 1. The van der Waals surface area contributed by atoms with E-state index in [1.807, 2.05) is 0 Å². The maximum absolute atomic E-state index is 12.9. The lowest BCUT2D eigenvalue weighted by molar-refractivity contribution is -0.136. The minimum Gasteiger partial charge on any atom is -0.466 e. The molecule has 0 aliphatic carbocycles. The van der Waals surface area contributed by atoms with E-state index in [-0.39, 0.29) is 31.0 Å². The Bertz CT molecular complexity index is 583. The van der Waals surface area contributed by atoms with Crippen molar-refractivity contribution in [2.75, 3.05) is 32.1 Å². The largest absolute Gasteiger partial charge is 0.466 e. The van der Waals surface area contributed by atoms with Gasteiger partial charge in [0, 0.05) is 12.2 Å². The summed E-state index contributed by atoms with van der Waals surface area (Å²) in [5.74, 6) is -1.43. The molecule has 0 saturated carbocycles. The van der Waals surface area contributed by atoms with E-state index in [1.54, 1.807) is 0 Å². The molecule has 6 nitrogen and oxygen atoms in total. The van der Waals surface area contributed by atoms with Gasteiger partial charge in [-0.15, -0.1) is 0 Å². The van der Waals surface area contributed by atoms with E-state index < -0.39 is 17.7 Å². The van der Waals surface area contributed by atoms with Crippen LogP contribution in [0.25, 0.3) is 0 Å². The van der Waals surface area contributed by atoms with Crippen molar-refractivity contribution >= 4 is 17.6 Å². The van der Waals surface area contributed by atoms with Crippen molar-refractivity contribution in [2.24, 2.45) is 0 Å². The van der Waals surface area contributed by atoms with Gasteiger partial charge >= 0.3 is 5.97 Å². The van der Waals surface area contributed by atoms with Crippen LogP contribution in [0.2, 0.25) is 0 Å². The van der Waals surface area contributed by atoms with Crippen molar-refractivity contribution in [1.29, 1.82) is 0 Å². The second kappa shape index (κ2) is 6.36. The molecule has 0 aromatic heterocycles. The number of carbonyl (C=O) groups excluding carboxylic acids is 2. The number of rotatable bonds is 5. The number of anilines is 1. The second-order valence-corrected chi connectivity index (χ2v) is 4.43. The number of nitrogens with one attached hydrogen (secondary N) is 1. The number of esters is 1. The Balaban J connectivity index is 2.28. The summed E-state index contributed by atoms with van der Waals surface area (Å²) in [6.07, 6.45) is 0. The molecule has 0 radical (unpaired) electrons. The van der Waals surface area contributed by atoms with Gasteiger partial charge in [0.2, 0.25) is 0 Å². The Morgan fingerprint density at radius 1 is 1.43 bits per heavy atom. The molecule has 21 heavy (non-hydrogen) atoms.